The number of carbonyl (C=O) groups is 1. The number of para-hydroxylation sites is 3. The molecule has 35 heavy (non-hydrogen) atoms. The highest BCUT2D eigenvalue weighted by Gasteiger charge is 2.15. The molecule has 0 aliphatic rings. The van der Waals surface area contributed by atoms with E-state index in [1.54, 1.807) is 0 Å². The number of benzene rings is 5. The standard InChI is InChI=1S/C31H21BrN2O/c32-23-17-14-21(15-18-23)31(35)33-28-12-6-4-10-25(28)22-16-19-30-27(20-22)26-11-5-7-13-29(26)34(30)24-8-2-1-3-9-24/h1-20H,(H,33,35). The van der Waals surface area contributed by atoms with Crippen LogP contribution in [0.5, 0.6) is 0 Å². The molecule has 0 spiro atoms. The number of hydrogen-bond acceptors (Lipinski definition) is 1. The Morgan fingerprint density at radius 3 is 2.17 bits per heavy atom. The predicted octanol–water partition coefficient (Wildman–Crippen LogP) is 8.47. The zero-order valence-electron chi connectivity index (χ0n) is 18.8. The Labute approximate surface area is 211 Å². The number of nitrogens with one attached hydrogen (secondary N) is 1. The fourth-order valence-corrected chi connectivity index (χ4v) is 4.90. The fraction of sp³-hybridized carbons (Fsp3) is 0. The number of halogens is 1. The SMILES string of the molecule is O=C(Nc1ccccc1-c1ccc2c(c1)c1ccccc1n2-c1ccccc1)c1ccc(Br)cc1. The second kappa shape index (κ2) is 8.90. The first-order valence-electron chi connectivity index (χ1n) is 11.4. The molecule has 0 atom stereocenters. The van der Waals surface area contributed by atoms with Crippen LogP contribution >= 0.6 is 15.9 Å². The third-order valence-electron chi connectivity index (χ3n) is 6.28. The number of aromatic nitrogens is 1. The van der Waals surface area contributed by atoms with Gasteiger partial charge in [-0.2, -0.15) is 0 Å². The summed E-state index contributed by atoms with van der Waals surface area (Å²) in [4.78, 5) is 12.9. The molecule has 3 nitrogen and oxygen atoms in total. The Balaban J connectivity index is 1.47. The molecule has 0 aliphatic heterocycles. The van der Waals surface area contributed by atoms with Crippen molar-refractivity contribution in [1.82, 2.24) is 4.57 Å². The summed E-state index contributed by atoms with van der Waals surface area (Å²) in [6.45, 7) is 0. The first-order valence-corrected chi connectivity index (χ1v) is 12.2. The summed E-state index contributed by atoms with van der Waals surface area (Å²) in [6.07, 6.45) is 0. The largest absolute Gasteiger partial charge is 0.321 e. The van der Waals surface area contributed by atoms with E-state index in [1.165, 1.54) is 16.3 Å². The van der Waals surface area contributed by atoms with E-state index in [1.807, 2.05) is 48.5 Å². The van der Waals surface area contributed by atoms with E-state index < -0.39 is 0 Å². The summed E-state index contributed by atoms with van der Waals surface area (Å²) in [7, 11) is 0. The van der Waals surface area contributed by atoms with E-state index in [2.05, 4.69) is 98.6 Å². The van der Waals surface area contributed by atoms with Crippen molar-refractivity contribution in [2.24, 2.45) is 0 Å². The van der Waals surface area contributed by atoms with Gasteiger partial charge < -0.3 is 9.88 Å². The maximum Gasteiger partial charge on any atom is 0.255 e. The molecule has 0 fully saturated rings. The summed E-state index contributed by atoms with van der Waals surface area (Å²) in [5.41, 5.74) is 6.89. The number of hydrogen-bond donors (Lipinski definition) is 1. The first-order chi connectivity index (χ1) is 17.2. The molecular formula is C31H21BrN2O. The van der Waals surface area contributed by atoms with Crippen LogP contribution in [0.3, 0.4) is 0 Å². The highest BCUT2D eigenvalue weighted by atomic mass is 79.9. The van der Waals surface area contributed by atoms with Gasteiger partial charge in [0.2, 0.25) is 0 Å². The van der Waals surface area contributed by atoms with Crippen molar-refractivity contribution >= 4 is 49.3 Å². The number of amides is 1. The Hall–Kier alpha value is -4.15. The molecule has 0 saturated carbocycles. The maximum absolute atomic E-state index is 12.9. The first kappa shape index (κ1) is 21.4. The van der Waals surface area contributed by atoms with Gasteiger partial charge in [-0.1, -0.05) is 76.6 Å². The summed E-state index contributed by atoms with van der Waals surface area (Å²) in [5.74, 6) is -0.133. The van der Waals surface area contributed by atoms with Crippen molar-refractivity contribution in [3.05, 3.63) is 131 Å². The van der Waals surface area contributed by atoms with Gasteiger partial charge >= 0.3 is 0 Å². The molecule has 5 aromatic carbocycles. The van der Waals surface area contributed by atoms with Crippen molar-refractivity contribution < 1.29 is 4.79 Å². The maximum atomic E-state index is 12.9. The van der Waals surface area contributed by atoms with Gasteiger partial charge in [-0.05, 0) is 66.2 Å². The molecule has 4 heteroatoms. The molecule has 0 saturated heterocycles. The van der Waals surface area contributed by atoms with Crippen LogP contribution in [0.15, 0.2) is 126 Å². The van der Waals surface area contributed by atoms with Crippen LogP contribution in [0.25, 0.3) is 38.6 Å². The van der Waals surface area contributed by atoms with E-state index in [0.29, 0.717) is 5.56 Å². The number of nitrogens with zero attached hydrogens (tertiary/aromatic N) is 1. The summed E-state index contributed by atoms with van der Waals surface area (Å²) < 4.78 is 3.24. The molecule has 1 heterocycles. The Bertz CT molecular complexity index is 1690. The van der Waals surface area contributed by atoms with Gasteiger partial charge in [0, 0.05) is 37.7 Å². The third kappa shape index (κ3) is 3.92. The number of rotatable bonds is 4. The molecule has 1 amide bonds. The molecule has 168 valence electrons. The Morgan fingerprint density at radius 2 is 1.34 bits per heavy atom. The van der Waals surface area contributed by atoms with Crippen LogP contribution in [-0.2, 0) is 0 Å². The predicted molar refractivity (Wildman–Crippen MR) is 148 cm³/mol. The third-order valence-corrected chi connectivity index (χ3v) is 6.81. The average molecular weight is 517 g/mol. The van der Waals surface area contributed by atoms with E-state index in [-0.39, 0.29) is 5.91 Å². The van der Waals surface area contributed by atoms with Gasteiger partial charge in [-0.15, -0.1) is 0 Å². The fourth-order valence-electron chi connectivity index (χ4n) is 4.64. The number of carbonyl (C=O) groups excluding carboxylic acids is 1. The molecule has 1 N–H and O–H groups in total. The molecule has 0 aliphatic carbocycles. The minimum atomic E-state index is -0.133. The molecule has 6 rings (SSSR count). The smallest absolute Gasteiger partial charge is 0.255 e. The lowest BCUT2D eigenvalue weighted by Gasteiger charge is -2.12. The van der Waals surface area contributed by atoms with Gasteiger partial charge in [0.25, 0.3) is 5.91 Å². The zero-order valence-corrected chi connectivity index (χ0v) is 20.4. The van der Waals surface area contributed by atoms with Crippen LogP contribution < -0.4 is 5.32 Å². The molecule has 1 aromatic heterocycles. The lowest BCUT2D eigenvalue weighted by molar-refractivity contribution is 0.102. The second-order valence-electron chi connectivity index (χ2n) is 8.43. The lowest BCUT2D eigenvalue weighted by Crippen LogP contribution is -2.12. The van der Waals surface area contributed by atoms with Crippen molar-refractivity contribution in [2.45, 2.75) is 0 Å². The van der Waals surface area contributed by atoms with Crippen LogP contribution in [0.4, 0.5) is 5.69 Å². The molecular weight excluding hydrogens is 496 g/mol. The lowest BCUT2D eigenvalue weighted by atomic mass is 10.0. The van der Waals surface area contributed by atoms with Crippen LogP contribution in [0, 0.1) is 0 Å². The molecule has 0 bridgehead atoms. The van der Waals surface area contributed by atoms with E-state index in [9.17, 15) is 4.79 Å². The number of anilines is 1. The van der Waals surface area contributed by atoms with Gasteiger partial charge in [-0.3, -0.25) is 4.79 Å². The minimum absolute atomic E-state index is 0.133. The second-order valence-corrected chi connectivity index (χ2v) is 9.34. The van der Waals surface area contributed by atoms with Crippen molar-refractivity contribution in [2.75, 3.05) is 5.32 Å². The Morgan fingerprint density at radius 1 is 0.657 bits per heavy atom. The molecule has 0 radical (unpaired) electrons. The summed E-state index contributed by atoms with van der Waals surface area (Å²) in [6, 6.07) is 40.8. The van der Waals surface area contributed by atoms with Crippen molar-refractivity contribution in [1.29, 1.82) is 0 Å². The van der Waals surface area contributed by atoms with Crippen molar-refractivity contribution in [3.63, 3.8) is 0 Å². The van der Waals surface area contributed by atoms with Crippen LogP contribution in [0.2, 0.25) is 0 Å². The van der Waals surface area contributed by atoms with Gasteiger partial charge in [0.1, 0.15) is 0 Å². The summed E-state index contributed by atoms with van der Waals surface area (Å²) >= 11 is 3.42. The highest BCUT2D eigenvalue weighted by Crippen LogP contribution is 2.36. The minimum Gasteiger partial charge on any atom is -0.321 e. The summed E-state index contributed by atoms with van der Waals surface area (Å²) in [5, 5.41) is 5.48. The van der Waals surface area contributed by atoms with Crippen molar-refractivity contribution in [3.8, 4) is 16.8 Å². The average Bonchev–Trinajstić information content (AvgIpc) is 3.23. The van der Waals surface area contributed by atoms with E-state index in [4.69, 9.17) is 0 Å². The molecule has 6 aromatic rings. The monoisotopic (exact) mass is 516 g/mol. The van der Waals surface area contributed by atoms with E-state index >= 15 is 0 Å². The van der Waals surface area contributed by atoms with Crippen LogP contribution in [-0.4, -0.2) is 10.5 Å². The van der Waals surface area contributed by atoms with Gasteiger partial charge in [0.05, 0.1) is 11.0 Å². The van der Waals surface area contributed by atoms with E-state index in [0.717, 1.165) is 32.5 Å². The van der Waals surface area contributed by atoms with Crippen LogP contribution in [0.1, 0.15) is 10.4 Å². The topological polar surface area (TPSA) is 34.0 Å². The normalized spacial score (nSPS) is 11.1. The van der Waals surface area contributed by atoms with Gasteiger partial charge in [0.15, 0.2) is 0 Å². The number of fused-ring (bicyclic) bond motifs is 3. The highest BCUT2D eigenvalue weighted by molar-refractivity contribution is 9.10. The van der Waals surface area contributed by atoms with Gasteiger partial charge in [-0.25, -0.2) is 0 Å². The zero-order chi connectivity index (χ0) is 23.8. The Kier molecular flexibility index (Phi) is 5.44. The quantitative estimate of drug-likeness (QED) is 0.250. The molecule has 0 unspecified atom stereocenters.